The summed E-state index contributed by atoms with van der Waals surface area (Å²) < 4.78 is 7.53. The number of benzene rings is 2. The highest BCUT2D eigenvalue weighted by Gasteiger charge is 2.14. The van der Waals surface area contributed by atoms with E-state index in [-0.39, 0.29) is 5.97 Å². The van der Waals surface area contributed by atoms with Crippen LogP contribution in [0.25, 0.3) is 21.8 Å². The van der Waals surface area contributed by atoms with Crippen LogP contribution in [0.15, 0.2) is 42.5 Å². The van der Waals surface area contributed by atoms with Crippen molar-refractivity contribution in [2.24, 2.45) is 0 Å². The van der Waals surface area contributed by atoms with Crippen molar-refractivity contribution in [1.29, 1.82) is 0 Å². The van der Waals surface area contributed by atoms with Crippen LogP contribution < -0.4 is 9.57 Å². The lowest BCUT2D eigenvalue weighted by molar-refractivity contribution is -0.143. The van der Waals surface area contributed by atoms with E-state index in [1.807, 2.05) is 49.4 Å². The number of alkyl halides is 1. The summed E-state index contributed by atoms with van der Waals surface area (Å²) in [5, 5.41) is 3.15. The van der Waals surface area contributed by atoms with Gasteiger partial charge in [0.15, 0.2) is 0 Å². The summed E-state index contributed by atoms with van der Waals surface area (Å²) >= 11 is 3.44. The SMILES string of the molecule is CCCC(=O)On1c2ccccc2c2ccc(OCCCCCBr)cc21. The van der Waals surface area contributed by atoms with E-state index in [0.29, 0.717) is 13.0 Å². The first-order valence-corrected chi connectivity index (χ1v) is 10.3. The molecule has 0 fully saturated rings. The molecular weight excluding hydrogens is 394 g/mol. The molecule has 0 saturated carbocycles. The number of rotatable bonds is 9. The molecule has 138 valence electrons. The van der Waals surface area contributed by atoms with Gasteiger partial charge in [0, 0.05) is 28.6 Å². The summed E-state index contributed by atoms with van der Waals surface area (Å²) in [7, 11) is 0. The van der Waals surface area contributed by atoms with Crippen LogP contribution in [0.5, 0.6) is 5.75 Å². The Morgan fingerprint density at radius 1 is 1.04 bits per heavy atom. The molecule has 0 aliphatic carbocycles. The first-order valence-electron chi connectivity index (χ1n) is 9.17. The number of hydrogen-bond donors (Lipinski definition) is 0. The van der Waals surface area contributed by atoms with Crippen molar-refractivity contribution in [3.8, 4) is 5.75 Å². The predicted octanol–water partition coefficient (Wildman–Crippen LogP) is 5.49. The Labute approximate surface area is 162 Å². The Morgan fingerprint density at radius 2 is 1.85 bits per heavy atom. The Morgan fingerprint density at radius 3 is 2.65 bits per heavy atom. The van der Waals surface area contributed by atoms with Crippen LogP contribution in [-0.2, 0) is 4.79 Å². The molecule has 0 bridgehead atoms. The number of carbonyl (C=O) groups excluding carboxylic acids is 1. The molecule has 5 heteroatoms. The number of hydrogen-bond acceptors (Lipinski definition) is 3. The van der Waals surface area contributed by atoms with Crippen LogP contribution in [-0.4, -0.2) is 22.6 Å². The quantitative estimate of drug-likeness (QED) is 0.341. The minimum Gasteiger partial charge on any atom is -0.494 e. The van der Waals surface area contributed by atoms with Gasteiger partial charge in [0.25, 0.3) is 0 Å². The summed E-state index contributed by atoms with van der Waals surface area (Å²) in [5.74, 6) is 0.572. The van der Waals surface area contributed by atoms with Crippen LogP contribution in [0.1, 0.15) is 39.0 Å². The molecule has 0 spiro atoms. The van der Waals surface area contributed by atoms with Crippen LogP contribution in [0.3, 0.4) is 0 Å². The second-order valence-corrected chi connectivity index (χ2v) is 7.09. The number of fused-ring (bicyclic) bond motifs is 3. The Hall–Kier alpha value is -2.01. The van der Waals surface area contributed by atoms with Gasteiger partial charge in [0.2, 0.25) is 0 Å². The fourth-order valence-electron chi connectivity index (χ4n) is 3.02. The number of para-hydroxylation sites is 1. The molecule has 3 rings (SSSR count). The largest absolute Gasteiger partial charge is 0.494 e. The highest BCUT2D eigenvalue weighted by Crippen LogP contribution is 2.31. The van der Waals surface area contributed by atoms with Crippen LogP contribution >= 0.6 is 15.9 Å². The molecule has 0 unspecified atom stereocenters. The fraction of sp³-hybridized carbons (Fsp3) is 0.381. The van der Waals surface area contributed by atoms with Gasteiger partial charge in [-0.2, -0.15) is 4.73 Å². The van der Waals surface area contributed by atoms with Crippen molar-refractivity contribution in [3.05, 3.63) is 42.5 Å². The normalized spacial score (nSPS) is 11.2. The summed E-state index contributed by atoms with van der Waals surface area (Å²) in [5.41, 5.74) is 1.75. The maximum Gasteiger partial charge on any atom is 0.332 e. The van der Waals surface area contributed by atoms with Gasteiger partial charge in [-0.1, -0.05) is 41.1 Å². The second kappa shape index (κ2) is 9.08. The Kier molecular flexibility index (Phi) is 6.56. The molecule has 0 amide bonds. The average molecular weight is 418 g/mol. The Bertz CT molecular complexity index is 887. The van der Waals surface area contributed by atoms with Gasteiger partial charge in [-0.05, 0) is 43.9 Å². The van der Waals surface area contributed by atoms with E-state index in [0.717, 1.165) is 58.6 Å². The van der Waals surface area contributed by atoms with Gasteiger partial charge in [-0.3, -0.25) is 0 Å². The van der Waals surface area contributed by atoms with Crippen molar-refractivity contribution in [3.63, 3.8) is 0 Å². The average Bonchev–Trinajstić information content (AvgIpc) is 2.95. The van der Waals surface area contributed by atoms with E-state index in [2.05, 4.69) is 15.9 Å². The maximum absolute atomic E-state index is 12.1. The van der Waals surface area contributed by atoms with Gasteiger partial charge >= 0.3 is 5.97 Å². The molecule has 26 heavy (non-hydrogen) atoms. The number of unbranched alkanes of at least 4 members (excludes halogenated alkanes) is 2. The molecular formula is C21H24BrNO3. The van der Waals surface area contributed by atoms with Crippen molar-refractivity contribution < 1.29 is 14.4 Å². The molecule has 1 aromatic heterocycles. The first kappa shape index (κ1) is 18.8. The fourth-order valence-corrected chi connectivity index (χ4v) is 3.42. The van der Waals surface area contributed by atoms with Crippen molar-refractivity contribution in [2.75, 3.05) is 11.9 Å². The van der Waals surface area contributed by atoms with Gasteiger partial charge in [-0.25, -0.2) is 4.79 Å². The van der Waals surface area contributed by atoms with Crippen LogP contribution in [0, 0.1) is 0 Å². The minimum absolute atomic E-state index is 0.226. The minimum atomic E-state index is -0.226. The maximum atomic E-state index is 12.1. The molecule has 0 saturated heterocycles. The monoisotopic (exact) mass is 417 g/mol. The standard InChI is InChI=1S/C21H24BrNO3/c1-2-8-21(24)26-23-19-10-5-4-9-17(19)18-12-11-16(15-20(18)23)25-14-7-3-6-13-22/h4-5,9-12,15H,2-3,6-8,13-14H2,1H3. The van der Waals surface area contributed by atoms with Crippen LogP contribution in [0.2, 0.25) is 0 Å². The van der Waals surface area contributed by atoms with Crippen molar-refractivity contribution in [2.45, 2.75) is 39.0 Å². The van der Waals surface area contributed by atoms with Crippen molar-refractivity contribution >= 4 is 43.7 Å². The number of carbonyl (C=O) groups is 1. The zero-order valence-electron chi connectivity index (χ0n) is 15.0. The summed E-state index contributed by atoms with van der Waals surface area (Å²) in [4.78, 5) is 17.7. The van der Waals surface area contributed by atoms with Gasteiger partial charge in [-0.15, -0.1) is 0 Å². The van der Waals surface area contributed by atoms with Crippen molar-refractivity contribution in [1.82, 2.24) is 4.73 Å². The topological polar surface area (TPSA) is 40.5 Å². The summed E-state index contributed by atoms with van der Waals surface area (Å²) in [6, 6.07) is 13.9. The van der Waals surface area contributed by atoms with Gasteiger partial charge < -0.3 is 9.57 Å². The highest BCUT2D eigenvalue weighted by molar-refractivity contribution is 9.09. The number of ether oxygens (including phenoxy) is 1. The molecule has 1 heterocycles. The molecule has 0 radical (unpaired) electrons. The zero-order valence-corrected chi connectivity index (χ0v) is 16.6. The van der Waals surface area contributed by atoms with E-state index < -0.39 is 0 Å². The lowest BCUT2D eigenvalue weighted by Gasteiger charge is -2.09. The lowest BCUT2D eigenvalue weighted by Crippen LogP contribution is -2.18. The summed E-state index contributed by atoms with van der Waals surface area (Å²) in [6.45, 7) is 2.66. The molecule has 2 aromatic carbocycles. The number of nitrogens with zero attached hydrogens (tertiary/aromatic N) is 1. The molecule has 0 N–H and O–H groups in total. The first-order chi connectivity index (χ1) is 12.7. The van der Waals surface area contributed by atoms with E-state index in [4.69, 9.17) is 9.57 Å². The summed E-state index contributed by atoms with van der Waals surface area (Å²) in [6.07, 6.45) is 4.49. The van der Waals surface area contributed by atoms with Gasteiger partial charge in [0.05, 0.1) is 17.6 Å². The van der Waals surface area contributed by atoms with Gasteiger partial charge in [0.1, 0.15) is 5.75 Å². The second-order valence-electron chi connectivity index (χ2n) is 6.30. The Balaban J connectivity index is 1.90. The van der Waals surface area contributed by atoms with E-state index in [1.165, 1.54) is 0 Å². The predicted molar refractivity (Wildman–Crippen MR) is 109 cm³/mol. The molecule has 0 atom stereocenters. The smallest absolute Gasteiger partial charge is 0.332 e. The molecule has 4 nitrogen and oxygen atoms in total. The number of aromatic nitrogens is 1. The third-order valence-corrected chi connectivity index (χ3v) is 4.86. The van der Waals surface area contributed by atoms with E-state index in [1.54, 1.807) is 4.73 Å². The third kappa shape index (κ3) is 4.21. The molecule has 0 aliphatic heterocycles. The van der Waals surface area contributed by atoms with E-state index >= 15 is 0 Å². The van der Waals surface area contributed by atoms with Crippen LogP contribution in [0.4, 0.5) is 0 Å². The zero-order chi connectivity index (χ0) is 18.4. The lowest BCUT2D eigenvalue weighted by atomic mass is 10.1. The number of halogens is 1. The molecule has 0 aliphatic rings. The molecule has 3 aromatic rings. The third-order valence-electron chi connectivity index (χ3n) is 4.29. The highest BCUT2D eigenvalue weighted by atomic mass is 79.9. The van der Waals surface area contributed by atoms with E-state index in [9.17, 15) is 4.79 Å².